The Kier molecular flexibility index (Phi) is 6.01. The molecule has 0 radical (unpaired) electrons. The van der Waals surface area contributed by atoms with Gasteiger partial charge in [0, 0.05) is 31.9 Å². The van der Waals surface area contributed by atoms with Crippen LogP contribution in [0.3, 0.4) is 0 Å². The summed E-state index contributed by atoms with van der Waals surface area (Å²) in [4.78, 5) is 2.21. The van der Waals surface area contributed by atoms with E-state index >= 15 is 0 Å². The molecule has 0 aliphatic rings. The molecule has 0 aliphatic heterocycles. The summed E-state index contributed by atoms with van der Waals surface area (Å²) in [6.07, 6.45) is 0.955. The molecule has 2 N–H and O–H groups in total. The maximum Gasteiger partial charge on any atom is 0.0641 e. The quantitative estimate of drug-likeness (QED) is 0.739. The Morgan fingerprint density at radius 3 is 2.65 bits per heavy atom. The van der Waals surface area contributed by atoms with Crippen molar-refractivity contribution in [1.29, 1.82) is 0 Å². The number of hydrogen-bond donors (Lipinski definition) is 1. The van der Waals surface area contributed by atoms with Crippen molar-refractivity contribution in [2.75, 3.05) is 31.7 Å². The first-order valence-electron chi connectivity index (χ1n) is 6.34. The van der Waals surface area contributed by atoms with Crippen LogP contribution in [0.1, 0.15) is 31.9 Å². The average molecular weight is 236 g/mol. The van der Waals surface area contributed by atoms with Crippen molar-refractivity contribution < 1.29 is 4.74 Å². The Labute approximate surface area is 105 Å². The van der Waals surface area contributed by atoms with Crippen LogP contribution in [0.2, 0.25) is 0 Å². The monoisotopic (exact) mass is 236 g/mol. The fraction of sp³-hybridized carbons (Fsp3) is 0.571. The third kappa shape index (κ3) is 4.02. The van der Waals surface area contributed by atoms with Gasteiger partial charge in [0.05, 0.1) is 6.61 Å². The summed E-state index contributed by atoms with van der Waals surface area (Å²) >= 11 is 0. The standard InChI is InChI=1S/C14H24N2O/c1-4-13(15)12-8-6-7-9-14(12)16(3)10-11-17-5-2/h6-9,13H,4-5,10-11,15H2,1-3H3/t13-/m1/s1. The van der Waals surface area contributed by atoms with Gasteiger partial charge in [-0.1, -0.05) is 25.1 Å². The van der Waals surface area contributed by atoms with Gasteiger partial charge in [0.15, 0.2) is 0 Å². The predicted molar refractivity (Wildman–Crippen MR) is 73.4 cm³/mol. The maximum atomic E-state index is 6.13. The van der Waals surface area contributed by atoms with E-state index in [-0.39, 0.29) is 6.04 Å². The molecule has 3 heteroatoms. The van der Waals surface area contributed by atoms with E-state index in [0.717, 1.165) is 26.2 Å². The van der Waals surface area contributed by atoms with Crippen LogP contribution >= 0.6 is 0 Å². The highest BCUT2D eigenvalue weighted by Gasteiger charge is 2.11. The molecule has 0 aliphatic carbocycles. The van der Waals surface area contributed by atoms with Crippen molar-refractivity contribution in [3.63, 3.8) is 0 Å². The molecule has 1 atom stereocenters. The maximum absolute atomic E-state index is 6.13. The van der Waals surface area contributed by atoms with E-state index in [0.29, 0.717) is 0 Å². The van der Waals surface area contributed by atoms with E-state index in [4.69, 9.17) is 10.5 Å². The number of rotatable bonds is 7. The number of nitrogens with two attached hydrogens (primary N) is 1. The first kappa shape index (κ1) is 14.0. The molecule has 1 aromatic carbocycles. The van der Waals surface area contributed by atoms with Crippen LogP contribution < -0.4 is 10.6 Å². The molecule has 0 saturated heterocycles. The number of hydrogen-bond acceptors (Lipinski definition) is 3. The molecule has 3 nitrogen and oxygen atoms in total. The third-order valence-electron chi connectivity index (χ3n) is 2.96. The highest BCUT2D eigenvalue weighted by Crippen LogP contribution is 2.25. The molecule has 0 fully saturated rings. The molecule has 1 rings (SSSR count). The average Bonchev–Trinajstić information content (AvgIpc) is 2.38. The number of para-hydroxylation sites is 1. The lowest BCUT2D eigenvalue weighted by Gasteiger charge is -2.24. The van der Waals surface area contributed by atoms with Gasteiger partial charge in [-0.25, -0.2) is 0 Å². The highest BCUT2D eigenvalue weighted by molar-refractivity contribution is 5.54. The van der Waals surface area contributed by atoms with Gasteiger partial charge >= 0.3 is 0 Å². The zero-order valence-corrected chi connectivity index (χ0v) is 11.1. The number of likely N-dealkylation sites (N-methyl/N-ethyl adjacent to an activating group) is 1. The molecule has 0 aromatic heterocycles. The summed E-state index contributed by atoms with van der Waals surface area (Å²) < 4.78 is 5.38. The van der Waals surface area contributed by atoms with E-state index in [1.165, 1.54) is 11.3 Å². The molecule has 1 aromatic rings. The number of anilines is 1. The summed E-state index contributed by atoms with van der Waals surface area (Å²) in [5.74, 6) is 0. The lowest BCUT2D eigenvalue weighted by Crippen LogP contribution is -2.25. The van der Waals surface area contributed by atoms with Gasteiger partial charge in [-0.2, -0.15) is 0 Å². The van der Waals surface area contributed by atoms with E-state index in [1.54, 1.807) is 0 Å². The van der Waals surface area contributed by atoms with Crippen LogP contribution in [0, 0.1) is 0 Å². The summed E-state index contributed by atoms with van der Waals surface area (Å²) in [7, 11) is 2.08. The van der Waals surface area contributed by atoms with E-state index < -0.39 is 0 Å². The summed E-state index contributed by atoms with van der Waals surface area (Å²) in [6.45, 7) is 6.54. The Hall–Kier alpha value is -1.06. The SMILES string of the molecule is CCOCCN(C)c1ccccc1[C@H](N)CC. The first-order valence-corrected chi connectivity index (χ1v) is 6.34. The van der Waals surface area contributed by atoms with Crippen molar-refractivity contribution >= 4 is 5.69 Å². The van der Waals surface area contributed by atoms with Gasteiger partial charge in [0.25, 0.3) is 0 Å². The van der Waals surface area contributed by atoms with Gasteiger partial charge in [-0.05, 0) is 25.0 Å². The lowest BCUT2D eigenvalue weighted by molar-refractivity contribution is 0.154. The van der Waals surface area contributed by atoms with Crippen LogP contribution in [-0.2, 0) is 4.74 Å². The fourth-order valence-electron chi connectivity index (χ4n) is 1.83. The zero-order chi connectivity index (χ0) is 12.7. The lowest BCUT2D eigenvalue weighted by atomic mass is 10.0. The van der Waals surface area contributed by atoms with Crippen LogP contribution in [0.5, 0.6) is 0 Å². The molecular formula is C14H24N2O. The van der Waals surface area contributed by atoms with Gasteiger partial charge in [0.1, 0.15) is 0 Å². The second-order valence-corrected chi connectivity index (χ2v) is 4.19. The van der Waals surface area contributed by atoms with Crippen LogP contribution in [-0.4, -0.2) is 26.8 Å². The number of nitrogens with zero attached hydrogens (tertiary/aromatic N) is 1. The molecule has 0 heterocycles. The van der Waals surface area contributed by atoms with Gasteiger partial charge in [-0.3, -0.25) is 0 Å². The van der Waals surface area contributed by atoms with Crippen molar-refractivity contribution in [3.8, 4) is 0 Å². The Morgan fingerprint density at radius 2 is 2.00 bits per heavy atom. The van der Waals surface area contributed by atoms with E-state index in [1.807, 2.05) is 13.0 Å². The Balaban J connectivity index is 2.74. The van der Waals surface area contributed by atoms with Crippen molar-refractivity contribution in [1.82, 2.24) is 0 Å². The molecule has 0 bridgehead atoms. The molecule has 17 heavy (non-hydrogen) atoms. The second kappa shape index (κ2) is 7.30. The first-order chi connectivity index (χ1) is 8.20. The predicted octanol–water partition coefficient (Wildman–Crippen LogP) is 2.57. The van der Waals surface area contributed by atoms with Crippen LogP contribution in [0.4, 0.5) is 5.69 Å². The Bertz CT molecular complexity index is 328. The minimum atomic E-state index is 0.112. The van der Waals surface area contributed by atoms with Crippen molar-refractivity contribution in [3.05, 3.63) is 29.8 Å². The number of ether oxygens (including phenoxy) is 1. The highest BCUT2D eigenvalue weighted by atomic mass is 16.5. The molecule has 96 valence electrons. The molecule has 0 spiro atoms. The van der Waals surface area contributed by atoms with Crippen molar-refractivity contribution in [2.45, 2.75) is 26.3 Å². The van der Waals surface area contributed by atoms with Crippen molar-refractivity contribution in [2.24, 2.45) is 5.73 Å². The van der Waals surface area contributed by atoms with Crippen LogP contribution in [0.25, 0.3) is 0 Å². The minimum absolute atomic E-state index is 0.112. The minimum Gasteiger partial charge on any atom is -0.380 e. The second-order valence-electron chi connectivity index (χ2n) is 4.19. The number of benzene rings is 1. The molecular weight excluding hydrogens is 212 g/mol. The summed E-state index contributed by atoms with van der Waals surface area (Å²) in [5.41, 5.74) is 8.56. The Morgan fingerprint density at radius 1 is 1.29 bits per heavy atom. The van der Waals surface area contributed by atoms with E-state index in [2.05, 4.69) is 37.1 Å². The topological polar surface area (TPSA) is 38.5 Å². The summed E-state index contributed by atoms with van der Waals surface area (Å²) in [6, 6.07) is 8.45. The largest absolute Gasteiger partial charge is 0.380 e. The zero-order valence-electron chi connectivity index (χ0n) is 11.1. The van der Waals surface area contributed by atoms with Crippen LogP contribution in [0.15, 0.2) is 24.3 Å². The molecule has 0 amide bonds. The van der Waals surface area contributed by atoms with Gasteiger partial charge < -0.3 is 15.4 Å². The smallest absolute Gasteiger partial charge is 0.0641 e. The fourth-order valence-corrected chi connectivity index (χ4v) is 1.83. The van der Waals surface area contributed by atoms with E-state index in [9.17, 15) is 0 Å². The molecule has 0 saturated carbocycles. The normalized spacial score (nSPS) is 12.5. The summed E-state index contributed by atoms with van der Waals surface area (Å²) in [5, 5.41) is 0. The molecule has 0 unspecified atom stereocenters. The van der Waals surface area contributed by atoms with Gasteiger partial charge in [0.2, 0.25) is 0 Å². The van der Waals surface area contributed by atoms with Gasteiger partial charge in [-0.15, -0.1) is 0 Å². The third-order valence-corrected chi connectivity index (χ3v) is 2.96.